The molecule has 0 saturated heterocycles. The van der Waals surface area contributed by atoms with Crippen LogP contribution in [0.4, 0.5) is 0 Å². The highest BCUT2D eigenvalue weighted by Crippen LogP contribution is 2.32. The molecule has 0 radical (unpaired) electrons. The summed E-state index contributed by atoms with van der Waals surface area (Å²) >= 11 is 3.77. The van der Waals surface area contributed by atoms with Gasteiger partial charge in [0.25, 0.3) is 0 Å². The third-order valence-corrected chi connectivity index (χ3v) is 6.04. The molecule has 2 nitrogen and oxygen atoms in total. The number of fused-ring (bicyclic) bond motifs is 1. The third-order valence-electron chi connectivity index (χ3n) is 4.95. The first-order valence-corrected chi connectivity index (χ1v) is 9.19. The molecule has 0 spiro atoms. The van der Waals surface area contributed by atoms with Crippen LogP contribution in [-0.4, -0.2) is 16.8 Å². The number of hydrogen-bond donors (Lipinski definition) is 1. The van der Waals surface area contributed by atoms with Crippen LogP contribution >= 0.6 is 15.9 Å². The molecule has 0 heterocycles. The van der Waals surface area contributed by atoms with Crippen LogP contribution in [0.25, 0.3) is 0 Å². The molecule has 1 saturated carbocycles. The van der Waals surface area contributed by atoms with Gasteiger partial charge >= 0.3 is 0 Å². The maximum Gasteiger partial charge on any atom is 0.227 e. The Labute approximate surface area is 135 Å². The van der Waals surface area contributed by atoms with Crippen molar-refractivity contribution in [2.24, 2.45) is 0 Å². The molecule has 0 aromatic heterocycles. The highest BCUT2D eigenvalue weighted by atomic mass is 79.9. The monoisotopic (exact) mass is 349 g/mol. The van der Waals surface area contributed by atoms with E-state index >= 15 is 0 Å². The molecule has 1 fully saturated rings. The molecule has 1 amide bonds. The number of alkyl halides is 1. The number of amides is 1. The van der Waals surface area contributed by atoms with Gasteiger partial charge in [-0.25, -0.2) is 0 Å². The molecule has 3 atom stereocenters. The van der Waals surface area contributed by atoms with E-state index in [0.29, 0.717) is 10.9 Å². The summed E-state index contributed by atoms with van der Waals surface area (Å²) in [5.74, 6) is 0.288. The molecule has 1 aromatic carbocycles. The second-order valence-corrected chi connectivity index (χ2v) is 7.59. The fraction of sp³-hybridized carbons (Fsp3) is 0.611. The smallest absolute Gasteiger partial charge is 0.227 e. The molecule has 3 heteroatoms. The van der Waals surface area contributed by atoms with Crippen LogP contribution in [0.1, 0.15) is 62.0 Å². The summed E-state index contributed by atoms with van der Waals surface area (Å²) in [5.41, 5.74) is 2.61. The lowest BCUT2D eigenvalue weighted by Gasteiger charge is -2.28. The Hall–Kier alpha value is -0.830. The van der Waals surface area contributed by atoms with Gasteiger partial charge in [0.2, 0.25) is 5.91 Å². The number of carbonyl (C=O) groups is 1. The average Bonchev–Trinajstić information content (AvgIpc) is 2.71. The first-order chi connectivity index (χ1) is 10.3. The average molecular weight is 350 g/mol. The molecule has 0 bridgehead atoms. The van der Waals surface area contributed by atoms with E-state index in [4.69, 9.17) is 0 Å². The van der Waals surface area contributed by atoms with Crippen molar-refractivity contribution >= 4 is 21.8 Å². The topological polar surface area (TPSA) is 29.1 Å². The predicted molar refractivity (Wildman–Crippen MR) is 89.9 cm³/mol. The van der Waals surface area contributed by atoms with Crippen LogP contribution in [0.2, 0.25) is 0 Å². The van der Waals surface area contributed by atoms with Crippen molar-refractivity contribution in [1.29, 1.82) is 0 Å². The fourth-order valence-corrected chi connectivity index (χ4v) is 4.45. The van der Waals surface area contributed by atoms with Gasteiger partial charge < -0.3 is 5.32 Å². The summed E-state index contributed by atoms with van der Waals surface area (Å²) in [6, 6.07) is 8.75. The highest BCUT2D eigenvalue weighted by molar-refractivity contribution is 9.09. The Bertz CT molecular complexity index is 502. The Morgan fingerprint density at radius 1 is 1.05 bits per heavy atom. The molecule has 114 valence electrons. The van der Waals surface area contributed by atoms with Crippen molar-refractivity contribution in [3.05, 3.63) is 35.4 Å². The number of nitrogens with one attached hydrogen (secondary N) is 1. The van der Waals surface area contributed by atoms with E-state index in [0.717, 1.165) is 25.7 Å². The van der Waals surface area contributed by atoms with Gasteiger partial charge in [0, 0.05) is 10.9 Å². The summed E-state index contributed by atoms with van der Waals surface area (Å²) in [6.45, 7) is 0. The standard InChI is InChI=1S/C18H24BrNO/c19-16-11-2-1-3-12-17(16)20-18(21)15-10-6-8-13-7-4-5-9-14(13)15/h4-5,7,9,15-17H,1-3,6,8,10-12H2,(H,20,21). The maximum absolute atomic E-state index is 12.8. The molecule has 1 N–H and O–H groups in total. The SMILES string of the molecule is O=C(NC1CCCCCC1Br)C1CCCc2ccccc21. The third kappa shape index (κ3) is 3.50. The Kier molecular flexibility index (Phi) is 4.99. The zero-order chi connectivity index (χ0) is 14.7. The van der Waals surface area contributed by atoms with E-state index in [1.54, 1.807) is 0 Å². The minimum absolute atomic E-state index is 0.0536. The zero-order valence-corrected chi connectivity index (χ0v) is 14.1. The van der Waals surface area contributed by atoms with Gasteiger partial charge in [-0.1, -0.05) is 59.5 Å². The quantitative estimate of drug-likeness (QED) is 0.625. The number of aryl methyl sites for hydroxylation is 1. The molecule has 2 aliphatic rings. The van der Waals surface area contributed by atoms with E-state index in [-0.39, 0.29) is 11.8 Å². The van der Waals surface area contributed by atoms with Crippen molar-refractivity contribution in [3.63, 3.8) is 0 Å². The summed E-state index contributed by atoms with van der Waals surface area (Å²) in [6.07, 6.45) is 9.30. The van der Waals surface area contributed by atoms with Crippen molar-refractivity contribution in [2.75, 3.05) is 0 Å². The Balaban J connectivity index is 1.71. The number of rotatable bonds is 2. The summed E-state index contributed by atoms with van der Waals surface area (Å²) in [7, 11) is 0. The highest BCUT2D eigenvalue weighted by Gasteiger charge is 2.29. The normalized spacial score (nSPS) is 29.3. The lowest BCUT2D eigenvalue weighted by molar-refractivity contribution is -0.123. The number of carbonyl (C=O) groups excluding carboxylic acids is 1. The molecule has 3 unspecified atom stereocenters. The first kappa shape index (κ1) is 15.1. The molecule has 21 heavy (non-hydrogen) atoms. The Morgan fingerprint density at radius 3 is 2.76 bits per heavy atom. The summed E-state index contributed by atoms with van der Waals surface area (Å²) in [5, 5.41) is 3.33. The van der Waals surface area contributed by atoms with Gasteiger partial charge in [-0.05, 0) is 43.2 Å². The summed E-state index contributed by atoms with van der Waals surface area (Å²) in [4.78, 5) is 13.2. The second-order valence-electron chi connectivity index (χ2n) is 6.41. The van der Waals surface area contributed by atoms with Crippen LogP contribution in [0.5, 0.6) is 0 Å². The van der Waals surface area contributed by atoms with E-state index in [1.165, 1.54) is 36.8 Å². The maximum atomic E-state index is 12.8. The second kappa shape index (κ2) is 6.95. The lowest BCUT2D eigenvalue weighted by Crippen LogP contribution is -2.43. The molecule has 3 rings (SSSR count). The molecule has 0 aliphatic heterocycles. The molecule has 1 aromatic rings. The fourth-order valence-electron chi connectivity index (χ4n) is 3.73. The minimum Gasteiger partial charge on any atom is -0.352 e. The van der Waals surface area contributed by atoms with Crippen LogP contribution in [-0.2, 0) is 11.2 Å². The van der Waals surface area contributed by atoms with Crippen LogP contribution in [0, 0.1) is 0 Å². The van der Waals surface area contributed by atoms with Crippen LogP contribution in [0.3, 0.4) is 0 Å². The van der Waals surface area contributed by atoms with E-state index < -0.39 is 0 Å². The zero-order valence-electron chi connectivity index (χ0n) is 12.5. The predicted octanol–water partition coefficient (Wildman–Crippen LogP) is 4.32. The molecule has 2 aliphatic carbocycles. The van der Waals surface area contributed by atoms with Crippen molar-refractivity contribution in [2.45, 2.75) is 68.2 Å². The van der Waals surface area contributed by atoms with Crippen LogP contribution < -0.4 is 5.32 Å². The van der Waals surface area contributed by atoms with Gasteiger partial charge in [0.1, 0.15) is 0 Å². The van der Waals surface area contributed by atoms with Crippen LogP contribution in [0.15, 0.2) is 24.3 Å². The van der Waals surface area contributed by atoms with E-state index in [1.807, 2.05) is 0 Å². The van der Waals surface area contributed by atoms with E-state index in [2.05, 4.69) is 45.5 Å². The van der Waals surface area contributed by atoms with Gasteiger partial charge in [-0.3, -0.25) is 4.79 Å². The number of benzene rings is 1. The summed E-state index contributed by atoms with van der Waals surface area (Å²) < 4.78 is 0. The van der Waals surface area contributed by atoms with Gasteiger partial charge in [-0.2, -0.15) is 0 Å². The lowest BCUT2D eigenvalue weighted by atomic mass is 9.82. The number of halogens is 1. The first-order valence-electron chi connectivity index (χ1n) is 8.28. The van der Waals surface area contributed by atoms with Crippen molar-refractivity contribution in [1.82, 2.24) is 5.32 Å². The minimum atomic E-state index is 0.0536. The van der Waals surface area contributed by atoms with Crippen molar-refractivity contribution < 1.29 is 4.79 Å². The Morgan fingerprint density at radius 2 is 1.86 bits per heavy atom. The van der Waals surface area contributed by atoms with Gasteiger partial charge in [-0.15, -0.1) is 0 Å². The molecular formula is C18H24BrNO. The van der Waals surface area contributed by atoms with E-state index in [9.17, 15) is 4.79 Å². The number of hydrogen-bond acceptors (Lipinski definition) is 1. The largest absolute Gasteiger partial charge is 0.352 e. The van der Waals surface area contributed by atoms with Gasteiger partial charge in [0.05, 0.1) is 5.92 Å². The van der Waals surface area contributed by atoms with Crippen molar-refractivity contribution in [3.8, 4) is 0 Å². The molecular weight excluding hydrogens is 326 g/mol. The van der Waals surface area contributed by atoms with Gasteiger partial charge in [0.15, 0.2) is 0 Å².